The predicted molar refractivity (Wildman–Crippen MR) is 31.3 cm³/mol. The van der Waals surface area contributed by atoms with Gasteiger partial charge in [-0.3, -0.25) is 0 Å². The lowest BCUT2D eigenvalue weighted by Gasteiger charge is -1.94. The van der Waals surface area contributed by atoms with Gasteiger partial charge in [-0.15, -0.1) is 0 Å². The Morgan fingerprint density at radius 1 is 1.50 bits per heavy atom. The summed E-state index contributed by atoms with van der Waals surface area (Å²) in [5.74, 6) is -0.163. The van der Waals surface area contributed by atoms with Gasteiger partial charge in [-0.2, -0.15) is 0 Å². The third-order valence-corrected chi connectivity index (χ3v) is 1.10. The van der Waals surface area contributed by atoms with E-state index in [9.17, 15) is 8.42 Å². The van der Waals surface area contributed by atoms with E-state index in [1.165, 1.54) is 0 Å². The Morgan fingerprint density at radius 2 is 2.00 bits per heavy atom. The Balaban J connectivity index is 3.42. The first-order chi connectivity index (χ1) is 3.56. The summed E-state index contributed by atoms with van der Waals surface area (Å²) < 4.78 is 25.1. The Bertz CT molecular complexity index is 135. The van der Waals surface area contributed by atoms with Crippen LogP contribution < -0.4 is 0 Å². The van der Waals surface area contributed by atoms with Gasteiger partial charge in [0, 0.05) is 12.9 Å². The molecule has 0 aromatic carbocycles. The van der Waals surface area contributed by atoms with Crippen molar-refractivity contribution in [3.05, 3.63) is 0 Å². The van der Waals surface area contributed by atoms with Gasteiger partial charge in [-0.05, 0) is 6.92 Å². The number of rotatable bonds is 3. The predicted octanol–water partition coefficient (Wildman–Crippen LogP) is 0.0250. The van der Waals surface area contributed by atoms with Gasteiger partial charge in [-0.25, -0.2) is 8.42 Å². The molecule has 0 aliphatic heterocycles. The summed E-state index contributed by atoms with van der Waals surface area (Å²) in [4.78, 5) is 0. The van der Waals surface area contributed by atoms with Crippen LogP contribution in [0.15, 0.2) is 0 Å². The Labute approximate surface area is 49.6 Å². The Morgan fingerprint density at radius 3 is 2.12 bits per heavy atom. The molecular weight excluding hydrogens is 128 g/mol. The molecule has 0 rings (SSSR count). The van der Waals surface area contributed by atoms with Crippen molar-refractivity contribution in [3.63, 3.8) is 0 Å². The molecule has 0 bridgehead atoms. The average molecular weight is 138 g/mol. The van der Waals surface area contributed by atoms with E-state index >= 15 is 0 Å². The second-order valence-electron chi connectivity index (χ2n) is 1.54. The maximum absolute atomic E-state index is 10.3. The monoisotopic (exact) mass is 138 g/mol. The zero-order valence-corrected chi connectivity index (χ0v) is 5.86. The highest BCUT2D eigenvalue weighted by molar-refractivity contribution is 7.90. The second kappa shape index (κ2) is 3.04. The fraction of sp³-hybridized carbons (Fsp3) is 1.00. The van der Waals surface area contributed by atoms with Crippen LogP contribution in [0.25, 0.3) is 0 Å². The fourth-order valence-corrected chi connectivity index (χ4v) is 0.704. The first kappa shape index (κ1) is 7.91. The molecule has 0 aromatic heterocycles. The minimum atomic E-state index is -2.91. The number of sulfone groups is 1. The van der Waals surface area contributed by atoms with E-state index in [0.717, 1.165) is 6.26 Å². The number of hydrogen-bond donors (Lipinski definition) is 0. The highest BCUT2D eigenvalue weighted by Crippen LogP contribution is 1.82. The summed E-state index contributed by atoms with van der Waals surface area (Å²) in [6, 6.07) is 0. The molecule has 0 spiro atoms. The standard InChI is InChI=1S/C4H10O3S/c1-3-7-4-8(2,5)6/h3-4H2,1-2H3. The molecule has 0 fully saturated rings. The molecule has 0 aliphatic carbocycles. The van der Waals surface area contributed by atoms with E-state index in [0.29, 0.717) is 6.61 Å². The third kappa shape index (κ3) is 5.91. The van der Waals surface area contributed by atoms with Gasteiger partial charge in [0.1, 0.15) is 5.94 Å². The van der Waals surface area contributed by atoms with Crippen molar-refractivity contribution in [2.75, 3.05) is 18.8 Å². The first-order valence-electron chi connectivity index (χ1n) is 2.31. The molecule has 4 heteroatoms. The highest BCUT2D eigenvalue weighted by atomic mass is 32.2. The van der Waals surface area contributed by atoms with E-state index in [2.05, 4.69) is 4.74 Å². The summed E-state index contributed by atoms with van der Waals surface area (Å²) in [7, 11) is -2.91. The number of ether oxygens (including phenoxy) is 1. The van der Waals surface area contributed by atoms with Crippen LogP contribution in [-0.2, 0) is 14.6 Å². The molecule has 0 saturated carbocycles. The van der Waals surface area contributed by atoms with Crippen LogP contribution in [0.5, 0.6) is 0 Å². The van der Waals surface area contributed by atoms with Crippen LogP contribution >= 0.6 is 0 Å². The zero-order valence-electron chi connectivity index (χ0n) is 5.05. The molecule has 0 aliphatic rings. The van der Waals surface area contributed by atoms with E-state index < -0.39 is 9.84 Å². The molecule has 0 N–H and O–H groups in total. The first-order valence-corrected chi connectivity index (χ1v) is 4.38. The van der Waals surface area contributed by atoms with Gasteiger partial charge in [0.25, 0.3) is 0 Å². The molecule has 3 nitrogen and oxygen atoms in total. The molecular formula is C4H10O3S. The molecule has 0 atom stereocenters. The molecule has 0 saturated heterocycles. The lowest BCUT2D eigenvalue weighted by atomic mass is 10.9. The van der Waals surface area contributed by atoms with Gasteiger partial charge in [0.15, 0.2) is 9.84 Å². The lowest BCUT2D eigenvalue weighted by molar-refractivity contribution is 0.193. The van der Waals surface area contributed by atoms with E-state index in [-0.39, 0.29) is 5.94 Å². The molecule has 0 radical (unpaired) electrons. The van der Waals surface area contributed by atoms with Crippen molar-refractivity contribution in [1.29, 1.82) is 0 Å². The van der Waals surface area contributed by atoms with Crippen LogP contribution in [0.2, 0.25) is 0 Å². The molecule has 8 heavy (non-hydrogen) atoms. The highest BCUT2D eigenvalue weighted by Gasteiger charge is 1.97. The molecule has 50 valence electrons. The summed E-state index contributed by atoms with van der Waals surface area (Å²) in [6.45, 7) is 2.21. The SMILES string of the molecule is CCOCS(C)(=O)=O. The number of hydrogen-bond acceptors (Lipinski definition) is 3. The Kier molecular flexibility index (Phi) is 3.01. The summed E-state index contributed by atoms with van der Waals surface area (Å²) >= 11 is 0. The van der Waals surface area contributed by atoms with Crippen LogP contribution in [-0.4, -0.2) is 27.2 Å². The van der Waals surface area contributed by atoms with Gasteiger partial charge in [-0.1, -0.05) is 0 Å². The van der Waals surface area contributed by atoms with Crippen LogP contribution in [0, 0.1) is 0 Å². The molecule has 0 aromatic rings. The van der Waals surface area contributed by atoms with Gasteiger partial charge >= 0.3 is 0 Å². The smallest absolute Gasteiger partial charge is 0.171 e. The van der Waals surface area contributed by atoms with Crippen molar-refractivity contribution in [2.24, 2.45) is 0 Å². The van der Waals surface area contributed by atoms with Crippen LogP contribution in [0.3, 0.4) is 0 Å². The van der Waals surface area contributed by atoms with E-state index in [1.807, 2.05) is 0 Å². The van der Waals surface area contributed by atoms with Crippen LogP contribution in [0.1, 0.15) is 6.92 Å². The Hall–Kier alpha value is -0.0900. The summed E-state index contributed by atoms with van der Waals surface area (Å²) in [5.41, 5.74) is 0. The topological polar surface area (TPSA) is 43.4 Å². The average Bonchev–Trinajstić information content (AvgIpc) is 1.59. The summed E-state index contributed by atoms with van der Waals surface area (Å²) in [6.07, 6.45) is 1.14. The van der Waals surface area contributed by atoms with Crippen LogP contribution in [0.4, 0.5) is 0 Å². The van der Waals surface area contributed by atoms with Crippen molar-refractivity contribution in [1.82, 2.24) is 0 Å². The van der Waals surface area contributed by atoms with Crippen molar-refractivity contribution < 1.29 is 13.2 Å². The molecule has 0 amide bonds. The maximum Gasteiger partial charge on any atom is 0.171 e. The van der Waals surface area contributed by atoms with Crippen molar-refractivity contribution >= 4 is 9.84 Å². The fourth-order valence-electron chi connectivity index (χ4n) is 0.235. The van der Waals surface area contributed by atoms with E-state index in [4.69, 9.17) is 0 Å². The largest absolute Gasteiger partial charge is 0.366 e. The minimum absolute atomic E-state index is 0.163. The zero-order chi connectivity index (χ0) is 6.62. The lowest BCUT2D eigenvalue weighted by Crippen LogP contribution is -2.06. The normalized spacial score (nSPS) is 11.8. The van der Waals surface area contributed by atoms with Crippen molar-refractivity contribution in [2.45, 2.75) is 6.92 Å². The maximum atomic E-state index is 10.3. The molecule has 0 unspecified atom stereocenters. The van der Waals surface area contributed by atoms with Crippen molar-refractivity contribution in [3.8, 4) is 0 Å². The minimum Gasteiger partial charge on any atom is -0.366 e. The molecule has 0 heterocycles. The van der Waals surface area contributed by atoms with Gasteiger partial charge in [0.2, 0.25) is 0 Å². The third-order valence-electron chi connectivity index (χ3n) is 0.502. The van der Waals surface area contributed by atoms with E-state index in [1.54, 1.807) is 6.92 Å². The van der Waals surface area contributed by atoms with Gasteiger partial charge in [0.05, 0.1) is 0 Å². The second-order valence-corrected chi connectivity index (χ2v) is 3.62. The summed E-state index contributed by atoms with van der Waals surface area (Å²) in [5, 5.41) is 0. The van der Waals surface area contributed by atoms with Gasteiger partial charge < -0.3 is 4.74 Å². The quantitative estimate of drug-likeness (QED) is 0.552.